The Bertz CT molecular complexity index is 1610. The molecule has 0 aliphatic carbocycles. The third-order valence-corrected chi connectivity index (χ3v) is 9.29. The molecule has 0 aromatic heterocycles. The van der Waals surface area contributed by atoms with Gasteiger partial charge in [-0.1, -0.05) is 115 Å². The summed E-state index contributed by atoms with van der Waals surface area (Å²) in [5.41, 5.74) is 5.14. The molecule has 8 nitrogen and oxygen atoms in total. The van der Waals surface area contributed by atoms with Crippen molar-refractivity contribution in [3.63, 3.8) is 0 Å². The molecule has 3 unspecified atom stereocenters. The van der Waals surface area contributed by atoms with Gasteiger partial charge in [-0.15, -0.1) is 0 Å². The number of hydrogen-bond donors (Lipinski definition) is 2. The lowest BCUT2D eigenvalue weighted by Crippen LogP contribution is -2.56. The summed E-state index contributed by atoms with van der Waals surface area (Å²) in [7, 11) is 3.32. The zero-order valence-corrected chi connectivity index (χ0v) is 28.6. The minimum atomic E-state index is -0.844. The molecule has 3 atom stereocenters. The van der Waals surface area contributed by atoms with Crippen LogP contribution in [0.25, 0.3) is 11.1 Å². The number of amides is 3. The van der Waals surface area contributed by atoms with Gasteiger partial charge in [-0.2, -0.15) is 0 Å². The highest BCUT2D eigenvalue weighted by molar-refractivity contribution is 5.92. The number of benzene rings is 4. The van der Waals surface area contributed by atoms with Crippen LogP contribution in [0.15, 0.2) is 115 Å². The average molecular weight is 661 g/mol. The molecule has 0 spiro atoms. The number of rotatable bonds is 16. The van der Waals surface area contributed by atoms with E-state index in [2.05, 4.69) is 22.8 Å². The summed E-state index contributed by atoms with van der Waals surface area (Å²) in [6.45, 7) is 1.72. The monoisotopic (exact) mass is 660 g/mol. The van der Waals surface area contributed by atoms with Crippen molar-refractivity contribution >= 4 is 17.7 Å². The predicted octanol–water partition coefficient (Wildman–Crippen LogP) is 4.92. The molecule has 0 radical (unpaired) electrons. The molecule has 2 N–H and O–H groups in total. The molecule has 1 aliphatic rings. The lowest BCUT2D eigenvalue weighted by atomic mass is 9.98. The fourth-order valence-electron chi connectivity index (χ4n) is 6.26. The smallest absolute Gasteiger partial charge is 0.249 e. The SMILES string of the molecule is CN(C(=O)COCC1CCCN1)C(Cc1ccc(-c2ccccc2)cc1)C(=O)N(C)C(Cc1ccccc1)C(=O)NCCc1ccccc1. The molecule has 8 heteroatoms. The molecule has 4 aromatic rings. The van der Waals surface area contributed by atoms with E-state index < -0.39 is 12.1 Å². The van der Waals surface area contributed by atoms with Crippen molar-refractivity contribution in [2.45, 2.75) is 50.2 Å². The summed E-state index contributed by atoms with van der Waals surface area (Å²) < 4.78 is 5.81. The van der Waals surface area contributed by atoms with E-state index in [9.17, 15) is 14.4 Å². The second-order valence-corrected chi connectivity index (χ2v) is 12.8. The van der Waals surface area contributed by atoms with Gasteiger partial charge in [-0.3, -0.25) is 14.4 Å². The number of carbonyl (C=O) groups excluding carboxylic acids is 3. The van der Waals surface area contributed by atoms with E-state index in [1.165, 1.54) is 9.80 Å². The largest absolute Gasteiger partial charge is 0.370 e. The molecular weight excluding hydrogens is 612 g/mol. The zero-order valence-electron chi connectivity index (χ0n) is 28.6. The first-order valence-corrected chi connectivity index (χ1v) is 17.2. The summed E-state index contributed by atoms with van der Waals surface area (Å²) in [6, 6.07) is 36.5. The van der Waals surface area contributed by atoms with E-state index in [1.807, 2.05) is 103 Å². The van der Waals surface area contributed by atoms with Crippen LogP contribution in [-0.4, -0.2) is 86.0 Å². The van der Waals surface area contributed by atoms with Crippen molar-refractivity contribution in [3.8, 4) is 11.1 Å². The number of nitrogens with one attached hydrogen (secondary N) is 2. The summed E-state index contributed by atoms with van der Waals surface area (Å²) in [5, 5.41) is 6.45. The number of carbonyl (C=O) groups is 3. The summed E-state index contributed by atoms with van der Waals surface area (Å²) >= 11 is 0. The molecule has 0 bridgehead atoms. The average Bonchev–Trinajstić information content (AvgIpc) is 3.67. The standard InChI is InChI=1S/C41H48N4O4/c1-44(39(46)30-49-29-36-19-12-25-42-36)38(28-33-20-22-35(23-21-33)34-17-10-5-11-18-34)41(48)45(2)37(27-32-15-8-4-9-16-32)40(47)43-26-24-31-13-6-3-7-14-31/h3-11,13-18,20-23,36-38,42H,12,19,24-30H2,1-2H3,(H,43,47). The molecule has 1 saturated heterocycles. The lowest BCUT2D eigenvalue weighted by molar-refractivity contribution is -0.149. The van der Waals surface area contributed by atoms with Gasteiger partial charge in [0.25, 0.3) is 0 Å². The molecule has 3 amide bonds. The summed E-state index contributed by atoms with van der Waals surface area (Å²) in [4.78, 5) is 44.8. The normalized spacial score (nSPS) is 15.3. The van der Waals surface area contributed by atoms with Crippen LogP contribution in [0, 0.1) is 0 Å². The van der Waals surface area contributed by atoms with E-state index in [0.29, 0.717) is 32.4 Å². The zero-order chi connectivity index (χ0) is 34.4. The minimum Gasteiger partial charge on any atom is -0.370 e. The maximum absolute atomic E-state index is 14.5. The predicted molar refractivity (Wildman–Crippen MR) is 194 cm³/mol. The molecule has 0 saturated carbocycles. The molecule has 5 rings (SSSR count). The van der Waals surface area contributed by atoms with E-state index in [1.54, 1.807) is 14.1 Å². The second kappa shape index (κ2) is 18.1. The minimum absolute atomic E-state index is 0.122. The van der Waals surface area contributed by atoms with Crippen molar-refractivity contribution in [1.82, 2.24) is 20.4 Å². The van der Waals surface area contributed by atoms with Gasteiger partial charge in [-0.05, 0) is 53.6 Å². The number of hydrogen-bond acceptors (Lipinski definition) is 5. The Labute approximate surface area is 290 Å². The second-order valence-electron chi connectivity index (χ2n) is 12.8. The first-order chi connectivity index (χ1) is 23.9. The highest BCUT2D eigenvalue weighted by atomic mass is 16.5. The van der Waals surface area contributed by atoms with Crippen LogP contribution in [0.3, 0.4) is 0 Å². The van der Waals surface area contributed by atoms with E-state index >= 15 is 0 Å². The van der Waals surface area contributed by atoms with Gasteiger partial charge in [-0.25, -0.2) is 0 Å². The number of nitrogens with zero attached hydrogens (tertiary/aromatic N) is 2. The number of likely N-dealkylation sites (N-methyl/N-ethyl adjacent to an activating group) is 2. The maximum atomic E-state index is 14.5. The Kier molecular flexibility index (Phi) is 13.1. The summed E-state index contributed by atoms with van der Waals surface area (Å²) in [6.07, 6.45) is 3.42. The quantitative estimate of drug-likeness (QED) is 0.178. The van der Waals surface area contributed by atoms with Gasteiger partial charge in [0.15, 0.2) is 0 Å². The molecule has 49 heavy (non-hydrogen) atoms. The van der Waals surface area contributed by atoms with Crippen LogP contribution in [-0.2, 0) is 38.4 Å². The van der Waals surface area contributed by atoms with Gasteiger partial charge in [0.1, 0.15) is 18.7 Å². The lowest BCUT2D eigenvalue weighted by Gasteiger charge is -2.34. The first-order valence-electron chi connectivity index (χ1n) is 17.2. The van der Waals surface area contributed by atoms with Crippen molar-refractivity contribution in [2.24, 2.45) is 0 Å². The van der Waals surface area contributed by atoms with Gasteiger partial charge >= 0.3 is 0 Å². The van der Waals surface area contributed by atoms with Crippen molar-refractivity contribution < 1.29 is 19.1 Å². The molecule has 256 valence electrons. The van der Waals surface area contributed by atoms with Crippen LogP contribution in [0.1, 0.15) is 29.5 Å². The third kappa shape index (κ3) is 10.3. The maximum Gasteiger partial charge on any atom is 0.249 e. The Morgan fingerprint density at radius 2 is 1.31 bits per heavy atom. The van der Waals surface area contributed by atoms with E-state index in [0.717, 1.165) is 47.2 Å². The molecule has 1 aliphatic heterocycles. The van der Waals surface area contributed by atoms with Crippen molar-refractivity contribution in [3.05, 3.63) is 132 Å². The fraction of sp³-hybridized carbons (Fsp3) is 0.341. The Morgan fingerprint density at radius 3 is 1.94 bits per heavy atom. The third-order valence-electron chi connectivity index (χ3n) is 9.29. The molecule has 4 aromatic carbocycles. The van der Waals surface area contributed by atoms with Crippen LogP contribution >= 0.6 is 0 Å². The van der Waals surface area contributed by atoms with Gasteiger partial charge in [0.05, 0.1) is 6.61 Å². The van der Waals surface area contributed by atoms with E-state index in [4.69, 9.17) is 4.74 Å². The van der Waals surface area contributed by atoms with Crippen molar-refractivity contribution in [2.75, 3.05) is 40.4 Å². The Hall–Kier alpha value is -4.79. The fourth-order valence-corrected chi connectivity index (χ4v) is 6.26. The van der Waals surface area contributed by atoms with Gasteiger partial charge < -0.3 is 25.2 Å². The topological polar surface area (TPSA) is 91.0 Å². The van der Waals surface area contributed by atoms with Crippen molar-refractivity contribution in [1.29, 1.82) is 0 Å². The van der Waals surface area contributed by atoms with Crippen LogP contribution in [0.4, 0.5) is 0 Å². The van der Waals surface area contributed by atoms with E-state index in [-0.39, 0.29) is 30.4 Å². The van der Waals surface area contributed by atoms with Crippen LogP contribution < -0.4 is 10.6 Å². The van der Waals surface area contributed by atoms with Crippen LogP contribution in [0.2, 0.25) is 0 Å². The number of ether oxygens (including phenoxy) is 1. The van der Waals surface area contributed by atoms with Gasteiger partial charge in [0, 0.05) is 39.5 Å². The Balaban J connectivity index is 1.34. The first kappa shape index (κ1) is 35.5. The highest BCUT2D eigenvalue weighted by Gasteiger charge is 2.35. The molecule has 1 heterocycles. The molecule has 1 fully saturated rings. The van der Waals surface area contributed by atoms with Gasteiger partial charge in [0.2, 0.25) is 17.7 Å². The molecular formula is C41H48N4O4. The summed E-state index contributed by atoms with van der Waals surface area (Å²) in [5.74, 6) is -0.819. The van der Waals surface area contributed by atoms with Crippen LogP contribution in [0.5, 0.6) is 0 Å². The Morgan fingerprint density at radius 1 is 0.735 bits per heavy atom. The highest BCUT2D eigenvalue weighted by Crippen LogP contribution is 2.21.